The van der Waals surface area contributed by atoms with E-state index in [9.17, 15) is 0 Å². The maximum absolute atomic E-state index is 6.21. The molecule has 2 rings (SSSR count). The summed E-state index contributed by atoms with van der Waals surface area (Å²) in [4.78, 5) is 6.62. The number of aromatic nitrogens is 1. The van der Waals surface area contributed by atoms with Crippen molar-refractivity contribution in [3.05, 3.63) is 21.8 Å². The zero-order valence-electron chi connectivity index (χ0n) is 8.80. The molecule has 0 bridgehead atoms. The lowest BCUT2D eigenvalue weighted by Crippen LogP contribution is -2.42. The van der Waals surface area contributed by atoms with Gasteiger partial charge < -0.3 is 4.90 Å². The van der Waals surface area contributed by atoms with Crippen molar-refractivity contribution in [3.63, 3.8) is 0 Å². The molecule has 0 N–H and O–H groups in total. The van der Waals surface area contributed by atoms with Crippen LogP contribution in [0.5, 0.6) is 0 Å². The third kappa shape index (κ3) is 2.63. The molecule has 0 spiro atoms. The van der Waals surface area contributed by atoms with E-state index in [1.807, 2.05) is 6.07 Å². The monoisotopic (exact) mass is 322 g/mol. The van der Waals surface area contributed by atoms with Crippen LogP contribution in [0.4, 0.5) is 5.82 Å². The summed E-state index contributed by atoms with van der Waals surface area (Å²) in [6.07, 6.45) is 5.49. The van der Waals surface area contributed by atoms with E-state index in [1.165, 1.54) is 19.3 Å². The van der Waals surface area contributed by atoms with E-state index in [4.69, 9.17) is 23.2 Å². The standard InChI is InChI=1S/C11H13BrCl2N2/c12-8-6-10(14)11(15-7-8)16(5-4-13)9-2-1-3-9/h6-7,9H,1-5H2. The van der Waals surface area contributed by atoms with E-state index < -0.39 is 0 Å². The fraction of sp³-hybridized carbons (Fsp3) is 0.545. The quantitative estimate of drug-likeness (QED) is 0.776. The number of nitrogens with zero attached hydrogens (tertiary/aromatic N) is 2. The second kappa shape index (κ2) is 5.56. The average Bonchev–Trinajstić information content (AvgIpc) is 2.14. The van der Waals surface area contributed by atoms with E-state index in [0.29, 0.717) is 16.9 Å². The summed E-state index contributed by atoms with van der Waals surface area (Å²) >= 11 is 15.4. The number of halogens is 3. The molecule has 1 aliphatic rings. The second-order valence-electron chi connectivity index (χ2n) is 3.93. The van der Waals surface area contributed by atoms with Gasteiger partial charge in [0.25, 0.3) is 0 Å². The van der Waals surface area contributed by atoms with Crippen molar-refractivity contribution in [2.45, 2.75) is 25.3 Å². The summed E-state index contributed by atoms with van der Waals surface area (Å²) in [6, 6.07) is 2.44. The minimum Gasteiger partial charge on any atom is -0.351 e. The van der Waals surface area contributed by atoms with Crippen LogP contribution in [0, 0.1) is 0 Å². The molecule has 0 saturated heterocycles. The molecular weight excluding hydrogens is 311 g/mol. The Morgan fingerprint density at radius 1 is 1.50 bits per heavy atom. The first-order chi connectivity index (χ1) is 7.72. The summed E-state index contributed by atoms with van der Waals surface area (Å²) in [6.45, 7) is 0.806. The third-order valence-corrected chi connectivity index (χ3v) is 3.78. The van der Waals surface area contributed by atoms with Crippen LogP contribution in [-0.2, 0) is 0 Å². The first-order valence-corrected chi connectivity index (χ1v) is 7.06. The molecule has 88 valence electrons. The Balaban J connectivity index is 2.23. The molecule has 0 unspecified atom stereocenters. The van der Waals surface area contributed by atoms with E-state index in [-0.39, 0.29) is 0 Å². The molecule has 0 radical (unpaired) electrons. The minimum atomic E-state index is 0.560. The summed E-state index contributed by atoms with van der Waals surface area (Å²) in [5.74, 6) is 1.46. The van der Waals surface area contributed by atoms with Crippen molar-refractivity contribution < 1.29 is 0 Å². The smallest absolute Gasteiger partial charge is 0.147 e. The van der Waals surface area contributed by atoms with E-state index in [2.05, 4.69) is 25.8 Å². The van der Waals surface area contributed by atoms with Gasteiger partial charge in [0.2, 0.25) is 0 Å². The van der Waals surface area contributed by atoms with Crippen LogP contribution in [0.25, 0.3) is 0 Å². The van der Waals surface area contributed by atoms with Gasteiger partial charge in [-0.1, -0.05) is 11.6 Å². The summed E-state index contributed by atoms with van der Waals surface area (Å²) in [5.41, 5.74) is 0. The maximum atomic E-state index is 6.21. The van der Waals surface area contributed by atoms with Crippen LogP contribution in [0.3, 0.4) is 0 Å². The highest BCUT2D eigenvalue weighted by molar-refractivity contribution is 9.10. The Hall–Kier alpha value is 0.01000. The first kappa shape index (κ1) is 12.5. The molecule has 1 aliphatic carbocycles. The SMILES string of the molecule is ClCCN(c1ncc(Br)cc1Cl)C1CCC1. The highest BCUT2D eigenvalue weighted by atomic mass is 79.9. The highest BCUT2D eigenvalue weighted by Crippen LogP contribution is 2.33. The topological polar surface area (TPSA) is 16.1 Å². The largest absolute Gasteiger partial charge is 0.351 e. The lowest BCUT2D eigenvalue weighted by Gasteiger charge is -2.38. The maximum Gasteiger partial charge on any atom is 0.147 e. The van der Waals surface area contributed by atoms with Crippen LogP contribution in [0.15, 0.2) is 16.7 Å². The lowest BCUT2D eigenvalue weighted by atomic mass is 9.91. The normalized spacial score (nSPS) is 15.9. The summed E-state index contributed by atoms with van der Waals surface area (Å²) in [7, 11) is 0. The predicted octanol–water partition coefficient (Wildman–Crippen LogP) is 4.10. The Labute approximate surface area is 114 Å². The van der Waals surface area contributed by atoms with Gasteiger partial charge in [0, 0.05) is 29.1 Å². The molecule has 1 aromatic heterocycles. The van der Waals surface area contributed by atoms with Gasteiger partial charge in [-0.15, -0.1) is 11.6 Å². The molecule has 0 aromatic carbocycles. The molecule has 0 aliphatic heterocycles. The number of hydrogen-bond donors (Lipinski definition) is 0. The van der Waals surface area contributed by atoms with Gasteiger partial charge in [-0.2, -0.15) is 0 Å². The van der Waals surface area contributed by atoms with E-state index in [0.717, 1.165) is 16.8 Å². The molecular formula is C11H13BrCl2N2. The highest BCUT2D eigenvalue weighted by Gasteiger charge is 2.26. The molecule has 16 heavy (non-hydrogen) atoms. The number of anilines is 1. The van der Waals surface area contributed by atoms with Crippen LogP contribution < -0.4 is 4.90 Å². The van der Waals surface area contributed by atoms with E-state index in [1.54, 1.807) is 6.20 Å². The van der Waals surface area contributed by atoms with Crippen molar-refractivity contribution in [3.8, 4) is 0 Å². The molecule has 1 heterocycles. The van der Waals surface area contributed by atoms with Gasteiger partial charge in [-0.05, 0) is 41.3 Å². The molecule has 5 heteroatoms. The van der Waals surface area contributed by atoms with Gasteiger partial charge in [0.05, 0.1) is 5.02 Å². The molecule has 1 fully saturated rings. The minimum absolute atomic E-state index is 0.560. The van der Waals surface area contributed by atoms with Crippen LogP contribution in [0.2, 0.25) is 5.02 Å². The van der Waals surface area contributed by atoms with Crippen molar-refractivity contribution >= 4 is 44.9 Å². The van der Waals surface area contributed by atoms with Gasteiger partial charge in [-0.25, -0.2) is 4.98 Å². The molecule has 1 saturated carbocycles. The molecule has 1 aromatic rings. The van der Waals surface area contributed by atoms with Crippen molar-refractivity contribution in [1.82, 2.24) is 4.98 Å². The Kier molecular flexibility index (Phi) is 4.34. The molecule has 0 amide bonds. The Morgan fingerprint density at radius 2 is 2.25 bits per heavy atom. The number of pyridine rings is 1. The fourth-order valence-electron chi connectivity index (χ4n) is 1.87. The fourth-order valence-corrected chi connectivity index (χ4v) is 2.79. The van der Waals surface area contributed by atoms with Crippen molar-refractivity contribution in [2.24, 2.45) is 0 Å². The second-order valence-corrected chi connectivity index (χ2v) is 5.63. The average molecular weight is 324 g/mol. The Morgan fingerprint density at radius 3 is 2.75 bits per heavy atom. The van der Waals surface area contributed by atoms with Gasteiger partial charge in [0.15, 0.2) is 0 Å². The predicted molar refractivity (Wildman–Crippen MR) is 72.7 cm³/mol. The lowest BCUT2D eigenvalue weighted by molar-refractivity contribution is 0.389. The number of rotatable bonds is 4. The van der Waals surface area contributed by atoms with Crippen LogP contribution in [0.1, 0.15) is 19.3 Å². The summed E-state index contributed by atoms with van der Waals surface area (Å²) < 4.78 is 0.903. The number of hydrogen-bond acceptors (Lipinski definition) is 2. The summed E-state index contributed by atoms with van der Waals surface area (Å²) in [5, 5.41) is 0.686. The zero-order valence-corrected chi connectivity index (χ0v) is 11.9. The van der Waals surface area contributed by atoms with Crippen LogP contribution in [-0.4, -0.2) is 23.5 Å². The van der Waals surface area contributed by atoms with Crippen LogP contribution >= 0.6 is 39.1 Å². The van der Waals surface area contributed by atoms with Gasteiger partial charge >= 0.3 is 0 Å². The molecule has 0 atom stereocenters. The van der Waals surface area contributed by atoms with Gasteiger partial charge in [0.1, 0.15) is 5.82 Å². The molecule has 2 nitrogen and oxygen atoms in total. The van der Waals surface area contributed by atoms with Gasteiger partial charge in [-0.3, -0.25) is 0 Å². The van der Waals surface area contributed by atoms with Crippen molar-refractivity contribution in [1.29, 1.82) is 0 Å². The number of alkyl halides is 1. The van der Waals surface area contributed by atoms with E-state index >= 15 is 0 Å². The van der Waals surface area contributed by atoms with Crippen molar-refractivity contribution in [2.75, 3.05) is 17.3 Å². The third-order valence-electron chi connectivity index (χ3n) is 2.90. The first-order valence-electron chi connectivity index (χ1n) is 5.36. The Bertz CT molecular complexity index is 369. The zero-order chi connectivity index (χ0) is 11.5.